The highest BCUT2D eigenvalue weighted by molar-refractivity contribution is 6.18. The molecule has 0 spiro atoms. The fourth-order valence-electron chi connectivity index (χ4n) is 6.77. The molecule has 0 saturated heterocycles. The number of nitrogens with zero attached hydrogens (tertiary/aromatic N) is 1. The van der Waals surface area contributed by atoms with E-state index in [0.717, 1.165) is 44.4 Å². The van der Waals surface area contributed by atoms with E-state index in [9.17, 15) is 0 Å². The van der Waals surface area contributed by atoms with E-state index in [-0.39, 0.29) is 0 Å². The third kappa shape index (κ3) is 3.82. The smallest absolute Gasteiger partial charge is 0.159 e. The van der Waals surface area contributed by atoms with Crippen molar-refractivity contribution in [3.05, 3.63) is 164 Å². The summed E-state index contributed by atoms with van der Waals surface area (Å²) < 4.78 is 6.83. The second kappa shape index (κ2) is 9.86. The van der Waals surface area contributed by atoms with Gasteiger partial charge in [-0.3, -0.25) is 0 Å². The van der Waals surface area contributed by atoms with Crippen LogP contribution in [0.25, 0.3) is 65.4 Å². The molecule has 9 rings (SSSR count). The van der Waals surface area contributed by atoms with Gasteiger partial charge >= 0.3 is 0 Å². The second-order valence-electron chi connectivity index (χ2n) is 11.3. The molecule has 206 valence electrons. The predicted molar refractivity (Wildman–Crippen MR) is 186 cm³/mol. The molecule has 0 atom stereocenters. The maximum absolute atomic E-state index is 6.83. The van der Waals surface area contributed by atoms with Crippen LogP contribution in [0.4, 0.5) is 17.1 Å². The largest absolute Gasteiger partial charge is 0.453 e. The van der Waals surface area contributed by atoms with E-state index in [1.807, 2.05) is 0 Å². The lowest BCUT2D eigenvalue weighted by Gasteiger charge is -2.27. The maximum Gasteiger partial charge on any atom is 0.159 e. The minimum atomic E-state index is 0.880. The van der Waals surface area contributed by atoms with Gasteiger partial charge in [0.05, 0.1) is 11.4 Å². The molecule has 0 N–H and O–H groups in total. The Morgan fingerprint density at radius 3 is 1.68 bits per heavy atom. The molecular formula is C42H27NO. The van der Waals surface area contributed by atoms with Crippen molar-refractivity contribution >= 4 is 71.3 Å². The fraction of sp³-hybridized carbons (Fsp3) is 0. The first-order chi connectivity index (χ1) is 21.8. The van der Waals surface area contributed by atoms with E-state index in [2.05, 4.69) is 169 Å². The van der Waals surface area contributed by atoms with Gasteiger partial charge in [0.1, 0.15) is 5.58 Å². The van der Waals surface area contributed by atoms with Crippen molar-refractivity contribution in [1.29, 1.82) is 0 Å². The summed E-state index contributed by atoms with van der Waals surface area (Å²) in [7, 11) is 0. The van der Waals surface area contributed by atoms with Crippen LogP contribution in [0.3, 0.4) is 0 Å². The van der Waals surface area contributed by atoms with Crippen molar-refractivity contribution < 1.29 is 4.42 Å². The van der Waals surface area contributed by atoms with Crippen LogP contribution < -0.4 is 4.90 Å². The molecule has 0 unspecified atom stereocenters. The molecule has 0 radical (unpaired) electrons. The fourth-order valence-corrected chi connectivity index (χ4v) is 6.77. The molecule has 44 heavy (non-hydrogen) atoms. The Morgan fingerprint density at radius 2 is 0.886 bits per heavy atom. The second-order valence-corrected chi connectivity index (χ2v) is 11.3. The quantitative estimate of drug-likeness (QED) is 0.212. The average molecular weight is 562 g/mol. The van der Waals surface area contributed by atoms with E-state index in [0.29, 0.717) is 0 Å². The summed E-state index contributed by atoms with van der Waals surface area (Å²) in [4.78, 5) is 2.35. The van der Waals surface area contributed by atoms with Gasteiger partial charge in [0.15, 0.2) is 5.58 Å². The van der Waals surface area contributed by atoms with Crippen LogP contribution in [0.15, 0.2) is 168 Å². The lowest BCUT2D eigenvalue weighted by Crippen LogP contribution is -2.10. The first-order valence-corrected chi connectivity index (χ1v) is 15.0. The number of benzene rings is 8. The number of rotatable bonds is 4. The van der Waals surface area contributed by atoms with Crippen molar-refractivity contribution in [2.75, 3.05) is 4.90 Å². The third-order valence-corrected chi connectivity index (χ3v) is 8.84. The van der Waals surface area contributed by atoms with Crippen LogP contribution in [0.1, 0.15) is 0 Å². The van der Waals surface area contributed by atoms with Crippen LogP contribution in [0.2, 0.25) is 0 Å². The number of anilines is 3. The Bertz CT molecular complexity index is 2490. The van der Waals surface area contributed by atoms with Crippen molar-refractivity contribution in [3.63, 3.8) is 0 Å². The molecule has 0 aliphatic heterocycles. The third-order valence-electron chi connectivity index (χ3n) is 8.84. The molecule has 0 fully saturated rings. The molecule has 0 aliphatic rings. The standard InChI is InChI=1S/C42H27NO/c1-4-15-33-28(10-1)13-7-18-34(33)31-22-25-32(26-23-31)43(39-20-8-14-29-11-2-5-16-35(29)39)40-21-9-19-37-38-27-24-30-12-3-6-17-36(30)41(38)44-42(37)40/h1-27H. The summed E-state index contributed by atoms with van der Waals surface area (Å²) in [6.07, 6.45) is 0. The summed E-state index contributed by atoms with van der Waals surface area (Å²) in [6.45, 7) is 0. The normalized spacial score (nSPS) is 11.6. The number of para-hydroxylation sites is 1. The monoisotopic (exact) mass is 561 g/mol. The summed E-state index contributed by atoms with van der Waals surface area (Å²) >= 11 is 0. The Kier molecular flexibility index (Phi) is 5.54. The Hall–Kier alpha value is -5.86. The number of hydrogen-bond donors (Lipinski definition) is 0. The van der Waals surface area contributed by atoms with Crippen molar-refractivity contribution in [1.82, 2.24) is 0 Å². The number of hydrogen-bond acceptors (Lipinski definition) is 2. The van der Waals surface area contributed by atoms with Crippen molar-refractivity contribution in [2.24, 2.45) is 0 Å². The minimum Gasteiger partial charge on any atom is -0.453 e. The Balaban J connectivity index is 1.29. The van der Waals surface area contributed by atoms with E-state index >= 15 is 0 Å². The lowest BCUT2D eigenvalue weighted by atomic mass is 9.98. The van der Waals surface area contributed by atoms with Gasteiger partial charge in [0, 0.05) is 27.2 Å². The van der Waals surface area contributed by atoms with Gasteiger partial charge in [-0.25, -0.2) is 0 Å². The van der Waals surface area contributed by atoms with Gasteiger partial charge in [-0.2, -0.15) is 0 Å². The van der Waals surface area contributed by atoms with Crippen LogP contribution in [0.5, 0.6) is 0 Å². The zero-order chi connectivity index (χ0) is 29.0. The molecular weight excluding hydrogens is 534 g/mol. The lowest BCUT2D eigenvalue weighted by molar-refractivity contribution is 0.673. The molecule has 9 aromatic rings. The highest BCUT2D eigenvalue weighted by Crippen LogP contribution is 2.45. The van der Waals surface area contributed by atoms with Gasteiger partial charge < -0.3 is 9.32 Å². The van der Waals surface area contributed by atoms with Gasteiger partial charge in [0.2, 0.25) is 0 Å². The summed E-state index contributed by atoms with van der Waals surface area (Å²) in [6, 6.07) is 58.5. The summed E-state index contributed by atoms with van der Waals surface area (Å²) in [5, 5.41) is 9.43. The first-order valence-electron chi connectivity index (χ1n) is 15.0. The van der Waals surface area contributed by atoms with E-state index in [1.54, 1.807) is 0 Å². The van der Waals surface area contributed by atoms with Gasteiger partial charge in [-0.15, -0.1) is 0 Å². The Morgan fingerprint density at radius 1 is 0.341 bits per heavy atom. The van der Waals surface area contributed by atoms with Crippen molar-refractivity contribution in [2.45, 2.75) is 0 Å². The Labute approximate surface area is 255 Å². The number of furan rings is 1. The minimum absolute atomic E-state index is 0.880. The average Bonchev–Trinajstić information content (AvgIpc) is 3.49. The molecule has 1 heterocycles. The van der Waals surface area contributed by atoms with Gasteiger partial charge in [0.25, 0.3) is 0 Å². The van der Waals surface area contributed by atoms with Gasteiger partial charge in [-0.05, 0) is 63.0 Å². The van der Waals surface area contributed by atoms with Gasteiger partial charge in [-0.1, -0.05) is 133 Å². The van der Waals surface area contributed by atoms with Crippen LogP contribution in [0, 0.1) is 0 Å². The van der Waals surface area contributed by atoms with Crippen LogP contribution >= 0.6 is 0 Å². The molecule has 8 aromatic carbocycles. The molecule has 1 aromatic heterocycles. The SMILES string of the molecule is c1ccc2c(-c3ccc(N(c4cccc5ccccc45)c4cccc5c4oc4c6ccccc6ccc54)cc3)cccc2c1. The summed E-state index contributed by atoms with van der Waals surface area (Å²) in [5.74, 6) is 0. The van der Waals surface area contributed by atoms with E-state index in [4.69, 9.17) is 4.42 Å². The maximum atomic E-state index is 6.83. The zero-order valence-electron chi connectivity index (χ0n) is 23.9. The molecule has 0 aliphatic carbocycles. The number of fused-ring (bicyclic) bond motifs is 7. The van der Waals surface area contributed by atoms with E-state index < -0.39 is 0 Å². The van der Waals surface area contributed by atoms with Crippen molar-refractivity contribution in [3.8, 4) is 11.1 Å². The zero-order valence-corrected chi connectivity index (χ0v) is 23.9. The van der Waals surface area contributed by atoms with Crippen LogP contribution in [-0.2, 0) is 0 Å². The molecule has 2 heteroatoms. The molecule has 0 bridgehead atoms. The topological polar surface area (TPSA) is 16.4 Å². The van der Waals surface area contributed by atoms with Crippen LogP contribution in [-0.4, -0.2) is 0 Å². The highest BCUT2D eigenvalue weighted by Gasteiger charge is 2.21. The molecule has 0 saturated carbocycles. The molecule has 0 amide bonds. The highest BCUT2D eigenvalue weighted by atomic mass is 16.3. The molecule has 2 nitrogen and oxygen atoms in total. The predicted octanol–water partition coefficient (Wildman–Crippen LogP) is 12.2. The summed E-state index contributed by atoms with van der Waals surface area (Å²) in [5.41, 5.74) is 7.42. The van der Waals surface area contributed by atoms with E-state index in [1.165, 1.54) is 38.1 Å². The first kappa shape index (κ1) is 24.7.